The summed E-state index contributed by atoms with van der Waals surface area (Å²) in [7, 11) is 0. The Labute approximate surface area is 491 Å². The molecule has 0 spiro atoms. The van der Waals surface area contributed by atoms with Crippen molar-refractivity contribution in [3.05, 3.63) is 60.8 Å². The van der Waals surface area contributed by atoms with Crippen LogP contribution in [0.5, 0.6) is 0 Å². The fourth-order valence-corrected chi connectivity index (χ4v) is 10.3. The summed E-state index contributed by atoms with van der Waals surface area (Å²) >= 11 is 0. The normalized spacial score (nSPS) is 12.4. The fourth-order valence-electron chi connectivity index (χ4n) is 10.3. The second kappa shape index (κ2) is 67.6. The molecule has 460 valence electrons. The first kappa shape index (κ1) is 76.1. The smallest absolute Gasteiger partial charge is 0.306 e. The summed E-state index contributed by atoms with van der Waals surface area (Å²) < 4.78 is 17.0. The number of hydrogen-bond acceptors (Lipinski definition) is 6. The molecule has 0 bridgehead atoms. The lowest BCUT2D eigenvalue weighted by Gasteiger charge is -2.18. The van der Waals surface area contributed by atoms with Crippen molar-refractivity contribution in [3.8, 4) is 0 Å². The van der Waals surface area contributed by atoms with E-state index in [9.17, 15) is 14.4 Å². The van der Waals surface area contributed by atoms with Gasteiger partial charge in [0.25, 0.3) is 0 Å². The van der Waals surface area contributed by atoms with Crippen molar-refractivity contribution in [2.24, 2.45) is 0 Å². The molecule has 0 aromatic carbocycles. The first-order valence-corrected chi connectivity index (χ1v) is 34.8. The van der Waals surface area contributed by atoms with E-state index >= 15 is 0 Å². The predicted octanol–water partition coefficient (Wildman–Crippen LogP) is 23.9. The molecule has 0 saturated heterocycles. The van der Waals surface area contributed by atoms with E-state index in [0.29, 0.717) is 19.3 Å². The molecule has 0 fully saturated rings. The van der Waals surface area contributed by atoms with Gasteiger partial charge in [-0.05, 0) is 83.5 Å². The van der Waals surface area contributed by atoms with E-state index in [2.05, 4.69) is 81.5 Å². The largest absolute Gasteiger partial charge is 0.462 e. The molecule has 0 aromatic heterocycles. The molecule has 0 aliphatic rings. The summed E-state index contributed by atoms with van der Waals surface area (Å²) in [5, 5.41) is 0. The van der Waals surface area contributed by atoms with Gasteiger partial charge in [-0.2, -0.15) is 0 Å². The van der Waals surface area contributed by atoms with Crippen molar-refractivity contribution in [1.82, 2.24) is 0 Å². The van der Waals surface area contributed by atoms with E-state index in [1.165, 1.54) is 231 Å². The average Bonchev–Trinajstić information content (AvgIpc) is 3.45. The molecule has 0 rings (SSSR count). The molecule has 6 heteroatoms. The van der Waals surface area contributed by atoms with Crippen LogP contribution in [0.3, 0.4) is 0 Å². The third kappa shape index (κ3) is 65.8. The minimum Gasteiger partial charge on any atom is -0.462 e. The van der Waals surface area contributed by atoms with Crippen LogP contribution in [0.25, 0.3) is 0 Å². The van der Waals surface area contributed by atoms with Gasteiger partial charge >= 0.3 is 17.9 Å². The zero-order valence-electron chi connectivity index (χ0n) is 52.9. The molecule has 79 heavy (non-hydrogen) atoms. The van der Waals surface area contributed by atoms with Gasteiger partial charge in [0, 0.05) is 19.3 Å². The first-order chi connectivity index (χ1) is 39.0. The van der Waals surface area contributed by atoms with Crippen LogP contribution in [0, 0.1) is 0 Å². The summed E-state index contributed by atoms with van der Waals surface area (Å²) in [6, 6.07) is 0. The van der Waals surface area contributed by atoms with Gasteiger partial charge in [0.2, 0.25) is 0 Å². The van der Waals surface area contributed by atoms with E-state index in [1.54, 1.807) is 0 Å². The molecular weight excluding hydrogens is 973 g/mol. The highest BCUT2D eigenvalue weighted by molar-refractivity contribution is 5.71. The maximum Gasteiger partial charge on any atom is 0.306 e. The van der Waals surface area contributed by atoms with Gasteiger partial charge in [-0.15, -0.1) is 0 Å². The number of ether oxygens (including phenoxy) is 3. The highest BCUT2D eigenvalue weighted by atomic mass is 16.6. The van der Waals surface area contributed by atoms with Crippen LogP contribution in [-0.4, -0.2) is 37.2 Å². The van der Waals surface area contributed by atoms with Gasteiger partial charge in [0.05, 0.1) is 0 Å². The number of rotatable bonds is 64. The molecule has 0 N–H and O–H groups in total. The van der Waals surface area contributed by atoms with Crippen molar-refractivity contribution in [3.63, 3.8) is 0 Å². The maximum atomic E-state index is 12.9. The standard InChI is InChI=1S/C73H132O6/c1-4-7-10-13-16-19-22-25-27-29-31-32-33-34-35-36-37-38-39-40-42-43-45-48-51-54-57-60-63-66-72(75)78-69-70(68-77-71(74)65-62-59-56-53-50-47-24-21-18-15-12-9-6-3)79-73(76)67-64-61-58-55-52-49-46-44-41-30-28-26-23-20-17-14-11-8-5-2/h8,11,17,20,26,28-29,31,41,44,70H,4-7,9-10,12-16,18-19,21-25,27,30,32-40,42-43,45-69H2,1-3H3/b11-8-,20-17-,28-26-,31-29-,44-41-. The number of carbonyl (C=O) groups excluding carboxylic acids is 3. The Morgan fingerprint density at radius 2 is 0.494 bits per heavy atom. The van der Waals surface area contributed by atoms with Gasteiger partial charge in [-0.1, -0.05) is 326 Å². The highest BCUT2D eigenvalue weighted by Crippen LogP contribution is 2.18. The minimum atomic E-state index is -0.780. The summed E-state index contributed by atoms with van der Waals surface area (Å²) in [6.07, 6.45) is 86.8. The molecular formula is C73H132O6. The first-order valence-electron chi connectivity index (χ1n) is 34.8. The molecule has 0 saturated carbocycles. The second-order valence-electron chi connectivity index (χ2n) is 23.4. The molecule has 1 atom stereocenters. The molecule has 0 aromatic rings. The molecule has 6 nitrogen and oxygen atoms in total. The summed E-state index contributed by atoms with van der Waals surface area (Å²) in [4.78, 5) is 38.4. The van der Waals surface area contributed by atoms with E-state index in [-0.39, 0.29) is 31.1 Å². The quantitative estimate of drug-likeness (QED) is 0.0261. The molecule has 0 heterocycles. The van der Waals surface area contributed by atoms with Crippen LogP contribution < -0.4 is 0 Å². The number of hydrogen-bond donors (Lipinski definition) is 0. The topological polar surface area (TPSA) is 78.9 Å². The Morgan fingerprint density at radius 3 is 0.785 bits per heavy atom. The van der Waals surface area contributed by atoms with E-state index in [0.717, 1.165) is 96.3 Å². The zero-order chi connectivity index (χ0) is 57.1. The molecule has 0 aliphatic carbocycles. The summed E-state index contributed by atoms with van der Waals surface area (Å²) in [6.45, 7) is 6.57. The zero-order valence-corrected chi connectivity index (χ0v) is 52.9. The van der Waals surface area contributed by atoms with Crippen molar-refractivity contribution in [1.29, 1.82) is 0 Å². The lowest BCUT2D eigenvalue weighted by molar-refractivity contribution is -0.167. The second-order valence-corrected chi connectivity index (χ2v) is 23.4. The fraction of sp³-hybridized carbons (Fsp3) is 0.822. The van der Waals surface area contributed by atoms with Crippen molar-refractivity contribution >= 4 is 17.9 Å². The third-order valence-corrected chi connectivity index (χ3v) is 15.5. The minimum absolute atomic E-state index is 0.0758. The number of esters is 3. The molecule has 0 aliphatic heterocycles. The molecule has 0 radical (unpaired) electrons. The number of allylic oxidation sites excluding steroid dienone is 10. The van der Waals surface area contributed by atoms with E-state index in [4.69, 9.17) is 14.2 Å². The Morgan fingerprint density at radius 1 is 0.266 bits per heavy atom. The summed E-state index contributed by atoms with van der Waals surface area (Å²) in [5.41, 5.74) is 0. The van der Waals surface area contributed by atoms with Gasteiger partial charge in [0.15, 0.2) is 6.10 Å². The van der Waals surface area contributed by atoms with Crippen molar-refractivity contribution < 1.29 is 28.6 Å². The monoisotopic (exact) mass is 1110 g/mol. The van der Waals surface area contributed by atoms with Crippen LogP contribution in [0.4, 0.5) is 0 Å². The Bertz CT molecular complexity index is 1410. The predicted molar refractivity (Wildman–Crippen MR) is 344 cm³/mol. The van der Waals surface area contributed by atoms with E-state index < -0.39 is 6.10 Å². The maximum absolute atomic E-state index is 12.9. The number of carbonyl (C=O) groups is 3. The van der Waals surface area contributed by atoms with Crippen LogP contribution >= 0.6 is 0 Å². The van der Waals surface area contributed by atoms with Gasteiger partial charge < -0.3 is 14.2 Å². The van der Waals surface area contributed by atoms with Crippen LogP contribution in [0.1, 0.15) is 367 Å². The van der Waals surface area contributed by atoms with Gasteiger partial charge in [-0.3, -0.25) is 14.4 Å². The lowest BCUT2D eigenvalue weighted by Crippen LogP contribution is -2.30. The lowest BCUT2D eigenvalue weighted by atomic mass is 10.0. The summed E-state index contributed by atoms with van der Waals surface area (Å²) in [5.74, 6) is -0.867. The Hall–Kier alpha value is -2.89. The van der Waals surface area contributed by atoms with Gasteiger partial charge in [-0.25, -0.2) is 0 Å². The molecule has 1 unspecified atom stereocenters. The van der Waals surface area contributed by atoms with Crippen LogP contribution in [0.2, 0.25) is 0 Å². The highest BCUT2D eigenvalue weighted by Gasteiger charge is 2.19. The van der Waals surface area contributed by atoms with E-state index in [1.807, 2.05) is 0 Å². The van der Waals surface area contributed by atoms with Crippen LogP contribution in [0.15, 0.2) is 60.8 Å². The van der Waals surface area contributed by atoms with Crippen molar-refractivity contribution in [2.45, 2.75) is 374 Å². The van der Waals surface area contributed by atoms with Gasteiger partial charge in [0.1, 0.15) is 13.2 Å². The average molecular weight is 1110 g/mol. The SMILES string of the molecule is CC/C=C\C/C=C\C/C=C\C/C=C\CCCCCCCCC(=O)OC(COC(=O)CCCCCCCCCCCCCCC)COC(=O)CCCCCCCCCCCCCCCCCCC/C=C\CCCCCCCCCC. The Balaban J connectivity index is 4.21. The van der Waals surface area contributed by atoms with Crippen LogP contribution in [-0.2, 0) is 28.6 Å². The molecule has 0 amide bonds. The number of unbranched alkanes of at least 4 members (excludes halogenated alkanes) is 43. The Kier molecular flexibility index (Phi) is 65.1. The van der Waals surface area contributed by atoms with Crippen molar-refractivity contribution in [2.75, 3.05) is 13.2 Å². The third-order valence-electron chi connectivity index (χ3n) is 15.5.